The molecule has 1 aliphatic heterocycles. The summed E-state index contributed by atoms with van der Waals surface area (Å²) < 4.78 is 1.72. The van der Waals surface area contributed by atoms with Crippen LogP contribution in [0.15, 0.2) is 42.6 Å². The third-order valence-electron chi connectivity index (χ3n) is 3.79. The maximum absolute atomic E-state index is 12.1. The van der Waals surface area contributed by atoms with Crippen LogP contribution in [0.3, 0.4) is 0 Å². The quantitative estimate of drug-likeness (QED) is 0.906. The highest BCUT2D eigenvalue weighted by Crippen LogP contribution is 2.09. The normalized spacial score (nSPS) is 17.5. The molecule has 0 spiro atoms. The Labute approximate surface area is 136 Å². The van der Waals surface area contributed by atoms with Gasteiger partial charge in [-0.25, -0.2) is 4.68 Å². The molecule has 1 saturated heterocycles. The highest BCUT2D eigenvalue weighted by molar-refractivity contribution is 5.92. The second kappa shape index (κ2) is 7.96. The summed E-state index contributed by atoms with van der Waals surface area (Å²) in [7, 11) is 0. The minimum Gasteiger partial charge on any atom is -0.350 e. The van der Waals surface area contributed by atoms with Gasteiger partial charge in [-0.15, -0.1) is 12.4 Å². The Morgan fingerprint density at radius 1 is 1.32 bits per heavy atom. The standard InChI is InChI=1S/C16H20N4O.ClH/c21-16(18-12-13-5-4-9-17-11-13)15-8-10-20(19-15)14-6-2-1-3-7-14;/h1-3,6-8,10,13,17H,4-5,9,11-12H2,(H,18,21);1H. The number of amides is 1. The van der Waals surface area contributed by atoms with Crippen molar-refractivity contribution in [2.75, 3.05) is 19.6 Å². The number of hydrogen-bond donors (Lipinski definition) is 2. The van der Waals surface area contributed by atoms with Crippen molar-refractivity contribution in [3.05, 3.63) is 48.3 Å². The van der Waals surface area contributed by atoms with Gasteiger partial charge in [0.1, 0.15) is 0 Å². The van der Waals surface area contributed by atoms with Crippen molar-refractivity contribution in [1.82, 2.24) is 20.4 Å². The van der Waals surface area contributed by atoms with E-state index in [9.17, 15) is 4.79 Å². The van der Waals surface area contributed by atoms with E-state index < -0.39 is 0 Å². The predicted octanol–water partition coefficient (Wildman–Crippen LogP) is 2.02. The van der Waals surface area contributed by atoms with E-state index in [0.29, 0.717) is 18.2 Å². The van der Waals surface area contributed by atoms with Crippen molar-refractivity contribution in [1.29, 1.82) is 0 Å². The number of nitrogens with one attached hydrogen (secondary N) is 2. The lowest BCUT2D eigenvalue weighted by molar-refractivity contribution is 0.0939. The Hall–Kier alpha value is -1.85. The van der Waals surface area contributed by atoms with Crippen molar-refractivity contribution in [2.45, 2.75) is 12.8 Å². The summed E-state index contributed by atoms with van der Waals surface area (Å²) in [5.41, 5.74) is 1.41. The van der Waals surface area contributed by atoms with Crippen molar-refractivity contribution in [2.24, 2.45) is 5.92 Å². The topological polar surface area (TPSA) is 59.0 Å². The summed E-state index contributed by atoms with van der Waals surface area (Å²) >= 11 is 0. The molecule has 1 atom stereocenters. The second-order valence-electron chi connectivity index (χ2n) is 5.40. The van der Waals surface area contributed by atoms with E-state index in [-0.39, 0.29) is 18.3 Å². The minimum atomic E-state index is -0.102. The third kappa shape index (κ3) is 4.08. The van der Waals surface area contributed by atoms with Gasteiger partial charge >= 0.3 is 0 Å². The van der Waals surface area contributed by atoms with Crippen molar-refractivity contribution >= 4 is 18.3 Å². The van der Waals surface area contributed by atoms with Crippen LogP contribution in [0.4, 0.5) is 0 Å². The zero-order chi connectivity index (χ0) is 14.5. The third-order valence-corrected chi connectivity index (χ3v) is 3.79. The van der Waals surface area contributed by atoms with E-state index in [4.69, 9.17) is 0 Å². The van der Waals surface area contributed by atoms with E-state index in [2.05, 4.69) is 15.7 Å². The Kier molecular flexibility index (Phi) is 5.98. The summed E-state index contributed by atoms with van der Waals surface area (Å²) in [6, 6.07) is 11.5. The molecule has 1 aromatic carbocycles. The van der Waals surface area contributed by atoms with Crippen molar-refractivity contribution < 1.29 is 4.79 Å². The average molecular weight is 321 g/mol. The monoisotopic (exact) mass is 320 g/mol. The molecule has 0 saturated carbocycles. The second-order valence-corrected chi connectivity index (χ2v) is 5.40. The molecular formula is C16H21ClN4O. The lowest BCUT2D eigenvalue weighted by Gasteiger charge is -2.22. The first-order chi connectivity index (χ1) is 10.3. The number of carbonyl (C=O) groups excluding carboxylic acids is 1. The molecular weight excluding hydrogens is 300 g/mol. The smallest absolute Gasteiger partial charge is 0.271 e. The van der Waals surface area contributed by atoms with Gasteiger partial charge < -0.3 is 10.6 Å². The Bertz CT molecular complexity index is 593. The van der Waals surface area contributed by atoms with Crippen LogP contribution in [0.25, 0.3) is 5.69 Å². The highest BCUT2D eigenvalue weighted by Gasteiger charge is 2.15. The van der Waals surface area contributed by atoms with Gasteiger partial charge in [0.2, 0.25) is 0 Å². The summed E-state index contributed by atoms with van der Waals surface area (Å²) in [6.45, 7) is 2.79. The molecule has 1 unspecified atom stereocenters. The van der Waals surface area contributed by atoms with E-state index in [0.717, 1.165) is 18.8 Å². The molecule has 0 bridgehead atoms. The van der Waals surface area contributed by atoms with Crippen LogP contribution in [0.5, 0.6) is 0 Å². The highest BCUT2D eigenvalue weighted by atomic mass is 35.5. The van der Waals surface area contributed by atoms with Crippen LogP contribution in [0.2, 0.25) is 0 Å². The Morgan fingerprint density at radius 3 is 2.86 bits per heavy atom. The molecule has 2 N–H and O–H groups in total. The van der Waals surface area contributed by atoms with E-state index in [1.54, 1.807) is 10.7 Å². The first-order valence-corrected chi connectivity index (χ1v) is 7.43. The first kappa shape index (κ1) is 16.5. The molecule has 1 fully saturated rings. The minimum absolute atomic E-state index is 0. The molecule has 118 valence electrons. The zero-order valence-electron chi connectivity index (χ0n) is 12.4. The lowest BCUT2D eigenvalue weighted by Crippen LogP contribution is -2.38. The molecule has 0 aliphatic carbocycles. The molecule has 3 rings (SSSR count). The van der Waals surface area contributed by atoms with Crippen LogP contribution in [0, 0.1) is 5.92 Å². The summed E-state index contributed by atoms with van der Waals surface area (Å²) in [4.78, 5) is 12.1. The number of aromatic nitrogens is 2. The molecule has 5 nitrogen and oxygen atoms in total. The van der Waals surface area contributed by atoms with Gasteiger partial charge in [0.05, 0.1) is 5.69 Å². The molecule has 1 aliphatic rings. The van der Waals surface area contributed by atoms with Crippen LogP contribution < -0.4 is 10.6 Å². The Morgan fingerprint density at radius 2 is 2.14 bits per heavy atom. The van der Waals surface area contributed by atoms with Gasteiger partial charge in [0.15, 0.2) is 5.69 Å². The maximum Gasteiger partial charge on any atom is 0.271 e. The van der Waals surface area contributed by atoms with Crippen LogP contribution >= 0.6 is 12.4 Å². The van der Waals surface area contributed by atoms with Gasteiger partial charge in [0.25, 0.3) is 5.91 Å². The molecule has 1 aromatic heterocycles. The zero-order valence-corrected chi connectivity index (χ0v) is 13.2. The lowest BCUT2D eigenvalue weighted by atomic mass is 10.00. The molecule has 2 heterocycles. The summed E-state index contributed by atoms with van der Waals surface area (Å²) in [6.07, 6.45) is 4.17. The average Bonchev–Trinajstić information content (AvgIpc) is 3.04. The fourth-order valence-electron chi connectivity index (χ4n) is 2.60. The first-order valence-electron chi connectivity index (χ1n) is 7.43. The number of nitrogens with zero attached hydrogens (tertiary/aromatic N) is 2. The van der Waals surface area contributed by atoms with Crippen molar-refractivity contribution in [3.8, 4) is 5.69 Å². The number of rotatable bonds is 4. The fraction of sp³-hybridized carbons (Fsp3) is 0.375. The molecule has 2 aromatic rings. The number of benzene rings is 1. The SMILES string of the molecule is Cl.O=C(NCC1CCCNC1)c1ccn(-c2ccccc2)n1. The van der Waals surface area contributed by atoms with Crippen molar-refractivity contribution in [3.63, 3.8) is 0 Å². The van der Waals surface area contributed by atoms with E-state index in [1.165, 1.54) is 12.8 Å². The number of para-hydroxylation sites is 1. The largest absolute Gasteiger partial charge is 0.350 e. The van der Waals surface area contributed by atoms with Crippen LogP contribution in [-0.2, 0) is 0 Å². The fourth-order valence-corrected chi connectivity index (χ4v) is 2.60. The van der Waals surface area contributed by atoms with Crippen LogP contribution in [-0.4, -0.2) is 35.3 Å². The molecule has 0 radical (unpaired) electrons. The van der Waals surface area contributed by atoms with Gasteiger partial charge in [-0.3, -0.25) is 4.79 Å². The molecule has 1 amide bonds. The molecule has 6 heteroatoms. The Balaban J connectivity index is 0.00000176. The number of piperidine rings is 1. The van der Waals surface area contributed by atoms with Gasteiger partial charge in [-0.2, -0.15) is 5.10 Å². The summed E-state index contributed by atoms with van der Waals surface area (Å²) in [5.74, 6) is 0.425. The van der Waals surface area contributed by atoms with Gasteiger partial charge in [-0.05, 0) is 50.0 Å². The molecule has 22 heavy (non-hydrogen) atoms. The van der Waals surface area contributed by atoms with E-state index in [1.807, 2.05) is 36.5 Å². The number of hydrogen-bond acceptors (Lipinski definition) is 3. The van der Waals surface area contributed by atoms with E-state index >= 15 is 0 Å². The summed E-state index contributed by atoms with van der Waals surface area (Å²) in [5, 5.41) is 10.7. The van der Waals surface area contributed by atoms with Gasteiger partial charge in [0, 0.05) is 12.7 Å². The number of halogens is 1. The predicted molar refractivity (Wildman–Crippen MR) is 88.7 cm³/mol. The maximum atomic E-state index is 12.1. The number of carbonyl (C=O) groups is 1. The van der Waals surface area contributed by atoms with Crippen LogP contribution in [0.1, 0.15) is 23.3 Å². The van der Waals surface area contributed by atoms with Gasteiger partial charge in [-0.1, -0.05) is 18.2 Å².